The zero-order valence-corrected chi connectivity index (χ0v) is 12.1. The number of benzene rings is 1. The lowest BCUT2D eigenvalue weighted by Gasteiger charge is -2.10. The van der Waals surface area contributed by atoms with Gasteiger partial charge in [0.05, 0.1) is 29.7 Å². The number of hydrogen-bond donors (Lipinski definition) is 1. The molecule has 0 aliphatic heterocycles. The maximum Gasteiger partial charge on any atom is 0.324 e. The Morgan fingerprint density at radius 3 is 2.57 bits per heavy atom. The maximum absolute atomic E-state index is 12.1. The van der Waals surface area contributed by atoms with Gasteiger partial charge in [-0.2, -0.15) is 0 Å². The molecule has 8 heteroatoms. The first kappa shape index (κ1) is 14.8. The summed E-state index contributed by atoms with van der Waals surface area (Å²) < 4.78 is 10.2. The van der Waals surface area contributed by atoms with Crippen LogP contribution >= 0.6 is 11.3 Å². The lowest BCUT2D eigenvalue weighted by molar-refractivity contribution is -0.380. The fourth-order valence-electron chi connectivity index (χ4n) is 1.63. The molecule has 0 bridgehead atoms. The Bertz CT molecular complexity index is 683. The summed E-state index contributed by atoms with van der Waals surface area (Å²) in [6.45, 7) is 0. The fourth-order valence-corrected chi connectivity index (χ4v) is 2.35. The number of nitrogens with zero attached hydrogens (tertiary/aromatic N) is 1. The molecule has 0 radical (unpaired) electrons. The summed E-state index contributed by atoms with van der Waals surface area (Å²) in [5.41, 5.74) is 0.458. The lowest BCUT2D eigenvalue weighted by atomic mass is 10.2. The summed E-state index contributed by atoms with van der Waals surface area (Å²) in [7, 11) is 3.00. The summed E-state index contributed by atoms with van der Waals surface area (Å²) >= 11 is 0.813. The zero-order valence-electron chi connectivity index (χ0n) is 11.3. The Hall–Kier alpha value is -2.61. The van der Waals surface area contributed by atoms with E-state index in [1.54, 1.807) is 18.2 Å². The third kappa shape index (κ3) is 3.29. The molecule has 0 saturated heterocycles. The summed E-state index contributed by atoms with van der Waals surface area (Å²) in [6.07, 6.45) is 0. The van der Waals surface area contributed by atoms with Crippen LogP contribution < -0.4 is 14.8 Å². The van der Waals surface area contributed by atoms with Gasteiger partial charge in [0.2, 0.25) is 0 Å². The van der Waals surface area contributed by atoms with Gasteiger partial charge in [-0.15, -0.1) is 0 Å². The van der Waals surface area contributed by atoms with E-state index in [0.29, 0.717) is 17.2 Å². The number of carbonyl (C=O) groups excluding carboxylic acids is 1. The van der Waals surface area contributed by atoms with E-state index in [1.807, 2.05) is 0 Å². The molecular weight excluding hydrogens is 296 g/mol. The van der Waals surface area contributed by atoms with Gasteiger partial charge in [-0.05, 0) is 18.2 Å². The number of thiophene rings is 1. The van der Waals surface area contributed by atoms with E-state index in [9.17, 15) is 14.9 Å². The van der Waals surface area contributed by atoms with Crippen molar-refractivity contribution in [1.29, 1.82) is 0 Å². The van der Waals surface area contributed by atoms with Crippen LogP contribution in [-0.4, -0.2) is 25.1 Å². The Morgan fingerprint density at radius 2 is 2.00 bits per heavy atom. The number of ether oxygens (including phenoxy) is 2. The Kier molecular flexibility index (Phi) is 4.39. The summed E-state index contributed by atoms with van der Waals surface area (Å²) in [5, 5.41) is 13.2. The Morgan fingerprint density at radius 1 is 1.24 bits per heavy atom. The molecule has 2 aromatic rings. The minimum absolute atomic E-state index is 0.0816. The smallest absolute Gasteiger partial charge is 0.324 e. The van der Waals surface area contributed by atoms with E-state index in [2.05, 4.69) is 5.32 Å². The van der Waals surface area contributed by atoms with E-state index >= 15 is 0 Å². The van der Waals surface area contributed by atoms with Crippen molar-refractivity contribution >= 4 is 27.9 Å². The van der Waals surface area contributed by atoms with Crippen LogP contribution in [0.3, 0.4) is 0 Å². The molecule has 7 nitrogen and oxygen atoms in total. The van der Waals surface area contributed by atoms with Crippen LogP contribution in [0.2, 0.25) is 0 Å². The van der Waals surface area contributed by atoms with Crippen LogP contribution in [-0.2, 0) is 0 Å². The minimum Gasteiger partial charge on any atom is -0.497 e. The second-order valence-electron chi connectivity index (χ2n) is 3.92. The molecule has 0 spiro atoms. The van der Waals surface area contributed by atoms with Gasteiger partial charge in [0.25, 0.3) is 5.91 Å². The van der Waals surface area contributed by atoms with E-state index in [4.69, 9.17) is 9.47 Å². The van der Waals surface area contributed by atoms with Crippen LogP contribution in [0.5, 0.6) is 11.5 Å². The topological polar surface area (TPSA) is 90.7 Å². The zero-order chi connectivity index (χ0) is 15.4. The third-order valence-electron chi connectivity index (χ3n) is 2.65. The molecule has 0 fully saturated rings. The van der Waals surface area contributed by atoms with Crippen molar-refractivity contribution in [3.05, 3.63) is 45.3 Å². The number of carbonyl (C=O) groups is 1. The van der Waals surface area contributed by atoms with E-state index in [1.165, 1.54) is 26.4 Å². The van der Waals surface area contributed by atoms with E-state index in [-0.39, 0.29) is 9.88 Å². The predicted octanol–water partition coefficient (Wildman–Crippen LogP) is 2.93. The number of rotatable bonds is 5. The molecule has 1 heterocycles. The van der Waals surface area contributed by atoms with Gasteiger partial charge in [0, 0.05) is 12.1 Å². The number of hydrogen-bond acceptors (Lipinski definition) is 6. The number of nitrogens with one attached hydrogen (secondary N) is 1. The molecule has 0 aliphatic carbocycles. The molecule has 21 heavy (non-hydrogen) atoms. The van der Waals surface area contributed by atoms with Crippen LogP contribution in [0, 0.1) is 10.1 Å². The fraction of sp³-hybridized carbons (Fsp3) is 0.154. The molecule has 0 unspecified atom stereocenters. The van der Waals surface area contributed by atoms with Gasteiger partial charge in [0.1, 0.15) is 11.5 Å². The van der Waals surface area contributed by atoms with Crippen LogP contribution in [0.15, 0.2) is 30.3 Å². The van der Waals surface area contributed by atoms with Gasteiger partial charge in [-0.25, -0.2) is 0 Å². The molecule has 1 aromatic heterocycles. The van der Waals surface area contributed by atoms with Crippen molar-refractivity contribution in [1.82, 2.24) is 0 Å². The Balaban J connectivity index is 2.20. The van der Waals surface area contributed by atoms with Gasteiger partial charge >= 0.3 is 5.00 Å². The molecule has 0 saturated carbocycles. The van der Waals surface area contributed by atoms with Crippen LogP contribution in [0.4, 0.5) is 10.7 Å². The average molecular weight is 308 g/mol. The number of nitro groups is 1. The highest BCUT2D eigenvalue weighted by atomic mass is 32.1. The number of amides is 1. The summed E-state index contributed by atoms with van der Waals surface area (Å²) in [6, 6.07) is 7.65. The van der Waals surface area contributed by atoms with Crippen molar-refractivity contribution in [2.24, 2.45) is 0 Å². The monoisotopic (exact) mass is 308 g/mol. The second kappa shape index (κ2) is 6.23. The first-order chi connectivity index (χ1) is 10.0. The molecule has 110 valence electrons. The number of anilines is 1. The Labute approximate surface area is 124 Å². The van der Waals surface area contributed by atoms with E-state index < -0.39 is 10.8 Å². The van der Waals surface area contributed by atoms with Crippen molar-refractivity contribution in [2.45, 2.75) is 0 Å². The molecule has 2 rings (SSSR count). The highest BCUT2D eigenvalue weighted by molar-refractivity contribution is 7.17. The van der Waals surface area contributed by atoms with Crippen molar-refractivity contribution < 1.29 is 19.2 Å². The van der Waals surface area contributed by atoms with Crippen molar-refractivity contribution in [3.8, 4) is 11.5 Å². The highest BCUT2D eigenvalue weighted by Gasteiger charge is 2.16. The van der Waals surface area contributed by atoms with Crippen molar-refractivity contribution in [2.75, 3.05) is 19.5 Å². The normalized spacial score (nSPS) is 10.0. The third-order valence-corrected chi connectivity index (χ3v) is 3.69. The average Bonchev–Trinajstić information content (AvgIpc) is 2.97. The standard InChI is InChI=1S/C13H12N2O5S/c1-19-8-3-4-9(10(7-8)20-2)14-13(16)11-5-6-12(21-11)15(17)18/h3-7H,1-2H3,(H,14,16). The minimum atomic E-state index is -0.532. The molecular formula is C13H12N2O5S. The molecule has 1 N–H and O–H groups in total. The predicted molar refractivity (Wildman–Crippen MR) is 78.5 cm³/mol. The molecule has 0 aliphatic rings. The van der Waals surface area contributed by atoms with Crippen LogP contribution in [0.25, 0.3) is 0 Å². The first-order valence-corrected chi connectivity index (χ1v) is 6.64. The molecule has 1 aromatic carbocycles. The molecule has 0 atom stereocenters. The lowest BCUT2D eigenvalue weighted by Crippen LogP contribution is -2.11. The van der Waals surface area contributed by atoms with Gasteiger partial charge in [-0.3, -0.25) is 14.9 Å². The summed E-state index contributed by atoms with van der Waals surface area (Å²) in [5.74, 6) is 0.599. The van der Waals surface area contributed by atoms with Crippen molar-refractivity contribution in [3.63, 3.8) is 0 Å². The van der Waals surface area contributed by atoms with Gasteiger partial charge in [-0.1, -0.05) is 11.3 Å². The quantitative estimate of drug-likeness (QED) is 0.677. The largest absolute Gasteiger partial charge is 0.497 e. The van der Waals surface area contributed by atoms with Gasteiger partial charge in [0.15, 0.2) is 0 Å². The first-order valence-electron chi connectivity index (χ1n) is 5.82. The molecule has 1 amide bonds. The highest BCUT2D eigenvalue weighted by Crippen LogP contribution is 2.30. The van der Waals surface area contributed by atoms with E-state index in [0.717, 1.165) is 11.3 Å². The SMILES string of the molecule is COc1ccc(NC(=O)c2ccc([N+](=O)[O-])s2)c(OC)c1. The van der Waals surface area contributed by atoms with Gasteiger partial charge < -0.3 is 14.8 Å². The maximum atomic E-state index is 12.1. The second-order valence-corrected chi connectivity index (χ2v) is 4.98. The summed E-state index contributed by atoms with van der Waals surface area (Å²) in [4.78, 5) is 22.4. The number of methoxy groups -OCH3 is 2. The van der Waals surface area contributed by atoms with Crippen LogP contribution in [0.1, 0.15) is 9.67 Å².